The molecule has 0 aliphatic heterocycles. The number of carbonyl (C=O) groups excluding carboxylic acids is 3. The number of carbonyl (C=O) groups is 3. The van der Waals surface area contributed by atoms with E-state index in [4.69, 9.17) is 18.9 Å². The zero-order valence-electron chi connectivity index (χ0n) is 48.3. The van der Waals surface area contributed by atoms with Gasteiger partial charge in [0.05, 0.1) is 40.3 Å². The summed E-state index contributed by atoms with van der Waals surface area (Å²) < 4.78 is 22.7. The molecule has 0 amide bonds. The second kappa shape index (κ2) is 55.2. The number of esters is 2. The molecule has 2 atom stereocenters. The molecule has 0 fully saturated rings. The van der Waals surface area contributed by atoms with Crippen molar-refractivity contribution < 1.29 is 42.9 Å². The number of likely N-dealkylation sites (N-methyl/N-ethyl adjacent to an activating group) is 1. The van der Waals surface area contributed by atoms with E-state index in [9.17, 15) is 19.5 Å². The number of rotatable bonds is 56. The van der Waals surface area contributed by atoms with Crippen LogP contribution in [0.15, 0.2) is 60.8 Å². The Bertz CT molecular complexity index is 1380. The van der Waals surface area contributed by atoms with Gasteiger partial charge in [0.15, 0.2) is 12.4 Å². The van der Waals surface area contributed by atoms with E-state index in [0.717, 1.165) is 64.2 Å². The maximum absolute atomic E-state index is 12.9. The summed E-state index contributed by atoms with van der Waals surface area (Å²) in [6, 6.07) is 0. The average Bonchev–Trinajstić information content (AvgIpc) is 3.36. The number of allylic oxidation sites excluding steroid dienone is 10. The van der Waals surface area contributed by atoms with Gasteiger partial charge >= 0.3 is 11.9 Å². The maximum atomic E-state index is 12.9. The zero-order valence-corrected chi connectivity index (χ0v) is 48.3. The normalized spacial score (nSPS) is 13.2. The summed E-state index contributed by atoms with van der Waals surface area (Å²) in [5, 5.41) is 11.8. The van der Waals surface area contributed by atoms with E-state index < -0.39 is 24.3 Å². The molecule has 0 bridgehead atoms. The minimum atomic E-state index is -1.62. The Morgan fingerprint density at radius 3 is 1.16 bits per heavy atom. The van der Waals surface area contributed by atoms with Crippen LogP contribution in [0.4, 0.5) is 0 Å². The maximum Gasteiger partial charge on any atom is 0.306 e. The molecule has 0 aromatic heterocycles. The Morgan fingerprint density at radius 2 is 0.781 bits per heavy atom. The second-order valence-corrected chi connectivity index (χ2v) is 21.6. The molecule has 0 saturated carbocycles. The summed E-state index contributed by atoms with van der Waals surface area (Å²) in [7, 11) is 5.93. The standard InChI is InChI=1S/C64H115NO8/c1-6-8-10-12-14-16-18-20-21-22-23-24-25-26-27-28-29-30-31-32-33-34-35-36-37-38-39-40-41-43-45-47-49-51-53-55-62(67)73-60(59-72-64(63(68)69)70-57-56-65(3,4)5)58-71-61(66)54-52-50-48-46-44-42-19-17-15-13-11-9-7-2/h8,10,14,16,20-21,23-24,26-27,60,64H,6-7,9,11-13,15,17-19,22,25,28-59H2,1-5H3/b10-8-,16-14-,21-20-,24-23-,27-26-. The number of aliphatic carboxylic acids is 1. The molecule has 2 unspecified atom stereocenters. The van der Waals surface area contributed by atoms with Gasteiger partial charge in [0.2, 0.25) is 0 Å². The van der Waals surface area contributed by atoms with E-state index >= 15 is 0 Å². The van der Waals surface area contributed by atoms with Crippen molar-refractivity contribution in [2.75, 3.05) is 47.5 Å². The predicted octanol–water partition coefficient (Wildman–Crippen LogP) is 16.7. The number of unbranched alkanes of at least 4 members (excludes halogenated alkanes) is 31. The van der Waals surface area contributed by atoms with Crippen LogP contribution in [-0.2, 0) is 33.3 Å². The molecule has 0 aromatic carbocycles. The van der Waals surface area contributed by atoms with E-state index in [0.29, 0.717) is 23.9 Å². The molecule has 0 saturated heterocycles. The number of ether oxygens (including phenoxy) is 4. The van der Waals surface area contributed by atoms with Crippen LogP contribution in [0.5, 0.6) is 0 Å². The largest absolute Gasteiger partial charge is 0.545 e. The Labute approximate surface area is 450 Å². The third-order valence-corrected chi connectivity index (χ3v) is 13.3. The lowest BCUT2D eigenvalue weighted by atomic mass is 10.0. The van der Waals surface area contributed by atoms with E-state index in [1.165, 1.54) is 173 Å². The van der Waals surface area contributed by atoms with Gasteiger partial charge in [0.25, 0.3) is 0 Å². The summed E-state index contributed by atoms with van der Waals surface area (Å²) in [4.78, 5) is 37.2. The molecular formula is C64H115NO8. The van der Waals surface area contributed by atoms with Crippen molar-refractivity contribution in [2.24, 2.45) is 0 Å². The van der Waals surface area contributed by atoms with Crippen LogP contribution in [-0.4, -0.2) is 82.3 Å². The number of nitrogens with zero attached hydrogens (tertiary/aromatic N) is 1. The first-order valence-corrected chi connectivity index (χ1v) is 30.4. The van der Waals surface area contributed by atoms with Crippen molar-refractivity contribution >= 4 is 17.9 Å². The monoisotopic (exact) mass is 1030 g/mol. The van der Waals surface area contributed by atoms with Gasteiger partial charge in [-0.15, -0.1) is 0 Å². The molecular weight excluding hydrogens is 911 g/mol. The van der Waals surface area contributed by atoms with E-state index in [1.54, 1.807) is 0 Å². The van der Waals surface area contributed by atoms with Gasteiger partial charge in [-0.25, -0.2) is 0 Å². The molecule has 0 aromatic rings. The summed E-state index contributed by atoms with van der Waals surface area (Å²) in [5.74, 6) is -2.27. The number of hydrogen-bond acceptors (Lipinski definition) is 8. The van der Waals surface area contributed by atoms with Crippen LogP contribution < -0.4 is 5.11 Å². The van der Waals surface area contributed by atoms with Gasteiger partial charge in [0.1, 0.15) is 13.2 Å². The van der Waals surface area contributed by atoms with E-state index in [-0.39, 0.29) is 32.2 Å². The summed E-state index contributed by atoms with van der Waals surface area (Å²) in [5.41, 5.74) is 0. The first kappa shape index (κ1) is 70.0. The first-order valence-electron chi connectivity index (χ1n) is 30.4. The average molecular weight is 1030 g/mol. The fourth-order valence-corrected chi connectivity index (χ4v) is 8.62. The van der Waals surface area contributed by atoms with E-state index in [1.807, 2.05) is 21.1 Å². The zero-order chi connectivity index (χ0) is 53.4. The lowest BCUT2D eigenvalue weighted by molar-refractivity contribution is -0.870. The van der Waals surface area contributed by atoms with E-state index in [2.05, 4.69) is 74.6 Å². The van der Waals surface area contributed by atoms with Gasteiger partial charge in [-0.3, -0.25) is 9.59 Å². The van der Waals surface area contributed by atoms with Gasteiger partial charge in [-0.05, 0) is 57.8 Å². The summed E-state index contributed by atoms with van der Waals surface area (Å²) in [6.07, 6.45) is 67.2. The Hall–Kier alpha value is -3.01. The van der Waals surface area contributed by atoms with Crippen molar-refractivity contribution in [1.82, 2.24) is 0 Å². The molecule has 0 aliphatic rings. The van der Waals surface area contributed by atoms with Gasteiger partial charge in [-0.2, -0.15) is 0 Å². The Balaban J connectivity index is 4.03. The summed E-state index contributed by atoms with van der Waals surface area (Å²) in [6.45, 7) is 4.66. The molecule has 0 aliphatic carbocycles. The third-order valence-electron chi connectivity index (χ3n) is 13.3. The molecule has 73 heavy (non-hydrogen) atoms. The van der Waals surface area contributed by atoms with Crippen LogP contribution in [0.1, 0.15) is 271 Å². The highest BCUT2D eigenvalue weighted by atomic mass is 16.7. The van der Waals surface area contributed by atoms with Crippen molar-refractivity contribution in [3.05, 3.63) is 60.8 Å². The topological polar surface area (TPSA) is 111 Å². The Kier molecular flexibility index (Phi) is 53.0. The fourth-order valence-electron chi connectivity index (χ4n) is 8.62. The Morgan fingerprint density at radius 1 is 0.425 bits per heavy atom. The van der Waals surface area contributed by atoms with Crippen LogP contribution in [0, 0.1) is 0 Å². The molecule has 0 spiro atoms. The lowest BCUT2D eigenvalue weighted by Crippen LogP contribution is -2.44. The highest BCUT2D eigenvalue weighted by molar-refractivity contribution is 5.70. The van der Waals surface area contributed by atoms with Gasteiger partial charge in [-0.1, -0.05) is 261 Å². The highest BCUT2D eigenvalue weighted by Gasteiger charge is 2.22. The second-order valence-electron chi connectivity index (χ2n) is 21.6. The SMILES string of the molecule is CC/C=C\C/C=C\C/C=C\C/C=C\C/C=C\CCCCCCCCCCCCCCCCCCCCCC(=O)OC(COC(=O)CCCCCCCCCCCCCCC)COC(OCC[N+](C)(C)C)C(=O)[O-]. The fraction of sp³-hybridized carbons (Fsp3) is 0.797. The molecule has 0 N–H and O–H groups in total. The molecule has 9 nitrogen and oxygen atoms in total. The van der Waals surface area contributed by atoms with Crippen LogP contribution >= 0.6 is 0 Å². The number of carboxylic acids is 1. The first-order chi connectivity index (χ1) is 35.6. The minimum absolute atomic E-state index is 0.149. The van der Waals surface area contributed by atoms with Crippen molar-refractivity contribution in [2.45, 2.75) is 283 Å². The molecule has 0 rings (SSSR count). The molecule has 0 radical (unpaired) electrons. The van der Waals surface area contributed by atoms with Crippen LogP contribution in [0.2, 0.25) is 0 Å². The highest BCUT2D eigenvalue weighted by Crippen LogP contribution is 2.17. The lowest BCUT2D eigenvalue weighted by Gasteiger charge is -2.26. The number of quaternary nitrogens is 1. The van der Waals surface area contributed by atoms with Crippen molar-refractivity contribution in [1.29, 1.82) is 0 Å². The number of carboxylic acid groups (broad SMARTS) is 1. The van der Waals surface area contributed by atoms with Crippen molar-refractivity contribution in [3.63, 3.8) is 0 Å². The molecule has 0 heterocycles. The van der Waals surface area contributed by atoms with Crippen LogP contribution in [0.3, 0.4) is 0 Å². The van der Waals surface area contributed by atoms with Gasteiger partial charge < -0.3 is 33.3 Å². The number of hydrogen-bond donors (Lipinski definition) is 0. The summed E-state index contributed by atoms with van der Waals surface area (Å²) >= 11 is 0. The minimum Gasteiger partial charge on any atom is -0.545 e. The molecule has 424 valence electrons. The smallest absolute Gasteiger partial charge is 0.306 e. The third kappa shape index (κ3) is 56.6. The predicted molar refractivity (Wildman–Crippen MR) is 306 cm³/mol. The van der Waals surface area contributed by atoms with Crippen molar-refractivity contribution in [3.8, 4) is 0 Å². The van der Waals surface area contributed by atoms with Crippen LogP contribution in [0.25, 0.3) is 0 Å². The van der Waals surface area contributed by atoms with Gasteiger partial charge in [0, 0.05) is 12.8 Å². The molecule has 9 heteroatoms. The quantitative estimate of drug-likeness (QED) is 0.0195.